The van der Waals surface area contributed by atoms with Gasteiger partial charge >= 0.3 is 0 Å². The normalized spacial score (nSPS) is 24.0. The summed E-state index contributed by atoms with van der Waals surface area (Å²) in [5.41, 5.74) is 4.37. The minimum atomic E-state index is 0.630. The highest BCUT2D eigenvalue weighted by molar-refractivity contribution is 5.51. The van der Waals surface area contributed by atoms with Gasteiger partial charge in [0, 0.05) is 25.8 Å². The molecule has 1 aromatic rings. The van der Waals surface area contributed by atoms with E-state index >= 15 is 0 Å². The van der Waals surface area contributed by atoms with E-state index in [-0.39, 0.29) is 0 Å². The van der Waals surface area contributed by atoms with Gasteiger partial charge in [0.25, 0.3) is 0 Å². The first-order valence-electron chi connectivity index (χ1n) is 6.11. The molecule has 0 aliphatic heterocycles. The van der Waals surface area contributed by atoms with Crippen molar-refractivity contribution in [2.24, 2.45) is 0 Å². The predicted molar refractivity (Wildman–Crippen MR) is 70.4 cm³/mol. The summed E-state index contributed by atoms with van der Waals surface area (Å²) in [7, 11) is 6.27. The summed E-state index contributed by atoms with van der Waals surface area (Å²) in [6.45, 7) is 2.33. The van der Waals surface area contributed by atoms with Crippen molar-refractivity contribution in [1.82, 2.24) is 5.32 Å². The van der Waals surface area contributed by atoms with Crippen molar-refractivity contribution in [1.29, 1.82) is 0 Å². The second-order valence-electron chi connectivity index (χ2n) is 5.00. The Balaban J connectivity index is 2.33. The topological polar surface area (TPSA) is 15.3 Å². The average Bonchev–Trinajstić information content (AvgIpc) is 2.29. The van der Waals surface area contributed by atoms with Crippen LogP contribution in [0.3, 0.4) is 0 Å². The summed E-state index contributed by atoms with van der Waals surface area (Å²) in [5.74, 6) is 0.630. The zero-order valence-electron chi connectivity index (χ0n) is 10.7. The molecular formula is C14H22N2. The maximum atomic E-state index is 3.42. The minimum absolute atomic E-state index is 0.630. The van der Waals surface area contributed by atoms with Crippen molar-refractivity contribution >= 4 is 5.69 Å². The fourth-order valence-corrected chi connectivity index (χ4v) is 2.70. The summed E-state index contributed by atoms with van der Waals surface area (Å²) >= 11 is 0. The molecule has 0 saturated heterocycles. The van der Waals surface area contributed by atoms with Crippen LogP contribution in [0.4, 0.5) is 5.69 Å². The van der Waals surface area contributed by atoms with Crippen molar-refractivity contribution in [3.8, 4) is 0 Å². The number of hydrogen-bond donors (Lipinski definition) is 1. The van der Waals surface area contributed by atoms with Crippen LogP contribution in [-0.2, 0) is 6.42 Å². The number of hydrogen-bond acceptors (Lipinski definition) is 2. The Morgan fingerprint density at radius 3 is 2.69 bits per heavy atom. The first kappa shape index (κ1) is 11.5. The monoisotopic (exact) mass is 218 g/mol. The molecule has 2 unspecified atom stereocenters. The van der Waals surface area contributed by atoms with Crippen LogP contribution < -0.4 is 10.2 Å². The number of aryl methyl sites for hydroxylation is 1. The molecule has 1 N–H and O–H groups in total. The molecule has 0 aromatic heterocycles. The van der Waals surface area contributed by atoms with Crippen molar-refractivity contribution in [3.63, 3.8) is 0 Å². The molecule has 1 aromatic carbocycles. The van der Waals surface area contributed by atoms with Gasteiger partial charge in [0.2, 0.25) is 0 Å². The second-order valence-corrected chi connectivity index (χ2v) is 5.00. The highest BCUT2D eigenvalue weighted by atomic mass is 15.1. The van der Waals surface area contributed by atoms with Crippen LogP contribution >= 0.6 is 0 Å². The summed E-state index contributed by atoms with van der Waals surface area (Å²) in [6, 6.07) is 7.52. The lowest BCUT2D eigenvalue weighted by Gasteiger charge is -2.31. The van der Waals surface area contributed by atoms with E-state index in [2.05, 4.69) is 56.5 Å². The molecule has 0 fully saturated rings. The fourth-order valence-electron chi connectivity index (χ4n) is 2.70. The zero-order chi connectivity index (χ0) is 11.7. The number of nitrogens with zero attached hydrogens (tertiary/aromatic N) is 1. The van der Waals surface area contributed by atoms with E-state index in [1.165, 1.54) is 29.7 Å². The second kappa shape index (κ2) is 4.46. The average molecular weight is 218 g/mol. The predicted octanol–water partition coefficient (Wildman–Crippen LogP) is 2.39. The van der Waals surface area contributed by atoms with E-state index in [9.17, 15) is 0 Å². The lowest BCUT2D eigenvalue weighted by atomic mass is 9.80. The molecule has 2 atom stereocenters. The lowest BCUT2D eigenvalue weighted by Crippen LogP contribution is -2.34. The Morgan fingerprint density at radius 2 is 2.06 bits per heavy atom. The molecule has 0 radical (unpaired) electrons. The molecule has 2 heteroatoms. The third-order valence-electron chi connectivity index (χ3n) is 3.83. The van der Waals surface area contributed by atoms with Gasteiger partial charge in [-0.1, -0.05) is 13.0 Å². The Bertz CT molecular complexity index is 371. The van der Waals surface area contributed by atoms with E-state index in [1.54, 1.807) is 0 Å². The molecule has 2 nitrogen and oxygen atoms in total. The molecule has 0 bridgehead atoms. The molecule has 88 valence electrons. The van der Waals surface area contributed by atoms with Gasteiger partial charge < -0.3 is 10.2 Å². The Labute approximate surface area is 98.7 Å². The van der Waals surface area contributed by atoms with Crippen LogP contribution in [0.15, 0.2) is 18.2 Å². The quantitative estimate of drug-likeness (QED) is 0.820. The number of likely N-dealkylation sites (N-methyl/N-ethyl adjacent to an activating group) is 1. The lowest BCUT2D eigenvalue weighted by molar-refractivity contribution is 0.432. The van der Waals surface area contributed by atoms with Crippen LogP contribution in [0.5, 0.6) is 0 Å². The fraction of sp³-hybridized carbons (Fsp3) is 0.571. The maximum absolute atomic E-state index is 3.42. The largest absolute Gasteiger partial charge is 0.378 e. The number of rotatable bonds is 2. The van der Waals surface area contributed by atoms with E-state index < -0.39 is 0 Å². The Kier molecular flexibility index (Phi) is 3.20. The Hall–Kier alpha value is -1.02. The standard InChI is InChI=1S/C14H22N2/c1-10-13-7-6-12(16(3)4)9-11(13)5-8-14(10)15-2/h6-7,9-10,14-15H,5,8H2,1-4H3. The molecule has 1 aliphatic rings. The Morgan fingerprint density at radius 1 is 1.31 bits per heavy atom. The van der Waals surface area contributed by atoms with Gasteiger partial charge in [-0.05, 0) is 49.1 Å². The molecule has 0 heterocycles. The number of nitrogens with one attached hydrogen (secondary N) is 1. The molecule has 1 aliphatic carbocycles. The highest BCUT2D eigenvalue weighted by Gasteiger charge is 2.24. The number of anilines is 1. The molecule has 16 heavy (non-hydrogen) atoms. The molecule has 0 spiro atoms. The van der Waals surface area contributed by atoms with E-state index in [1.807, 2.05) is 0 Å². The van der Waals surface area contributed by atoms with Crippen molar-refractivity contribution in [2.45, 2.75) is 31.7 Å². The van der Waals surface area contributed by atoms with E-state index in [4.69, 9.17) is 0 Å². The van der Waals surface area contributed by atoms with Gasteiger partial charge in [0.1, 0.15) is 0 Å². The zero-order valence-corrected chi connectivity index (χ0v) is 10.7. The summed E-state index contributed by atoms with van der Waals surface area (Å²) in [6.07, 6.45) is 2.45. The smallest absolute Gasteiger partial charge is 0.0363 e. The third kappa shape index (κ3) is 1.94. The van der Waals surface area contributed by atoms with Crippen molar-refractivity contribution in [3.05, 3.63) is 29.3 Å². The molecule has 2 rings (SSSR count). The van der Waals surface area contributed by atoms with Gasteiger partial charge in [-0.3, -0.25) is 0 Å². The van der Waals surface area contributed by atoms with Gasteiger partial charge in [-0.2, -0.15) is 0 Å². The van der Waals surface area contributed by atoms with Gasteiger partial charge in [0.05, 0.1) is 0 Å². The summed E-state index contributed by atoms with van der Waals surface area (Å²) in [4.78, 5) is 2.18. The van der Waals surface area contributed by atoms with Gasteiger partial charge in [-0.15, -0.1) is 0 Å². The van der Waals surface area contributed by atoms with Crippen molar-refractivity contribution < 1.29 is 0 Å². The molecular weight excluding hydrogens is 196 g/mol. The van der Waals surface area contributed by atoms with Gasteiger partial charge in [0.15, 0.2) is 0 Å². The minimum Gasteiger partial charge on any atom is -0.378 e. The summed E-state index contributed by atoms with van der Waals surface area (Å²) in [5, 5.41) is 3.42. The number of fused-ring (bicyclic) bond motifs is 1. The van der Waals surface area contributed by atoms with Crippen LogP contribution in [0, 0.1) is 0 Å². The first-order valence-corrected chi connectivity index (χ1v) is 6.11. The molecule has 0 amide bonds. The van der Waals surface area contributed by atoms with Crippen LogP contribution in [0.1, 0.15) is 30.4 Å². The highest BCUT2D eigenvalue weighted by Crippen LogP contribution is 2.33. The summed E-state index contributed by atoms with van der Waals surface area (Å²) < 4.78 is 0. The third-order valence-corrected chi connectivity index (χ3v) is 3.83. The van der Waals surface area contributed by atoms with Crippen molar-refractivity contribution in [2.75, 3.05) is 26.0 Å². The maximum Gasteiger partial charge on any atom is 0.0363 e. The first-order chi connectivity index (χ1) is 7.63. The van der Waals surface area contributed by atoms with Crippen LogP contribution in [0.2, 0.25) is 0 Å². The SMILES string of the molecule is CNC1CCc2cc(N(C)C)ccc2C1C. The van der Waals surface area contributed by atoms with Gasteiger partial charge in [-0.25, -0.2) is 0 Å². The van der Waals surface area contributed by atoms with E-state index in [0.29, 0.717) is 12.0 Å². The molecule has 0 saturated carbocycles. The van der Waals surface area contributed by atoms with Crippen LogP contribution in [0.25, 0.3) is 0 Å². The van der Waals surface area contributed by atoms with E-state index in [0.717, 1.165) is 0 Å². The number of benzene rings is 1. The van der Waals surface area contributed by atoms with Crippen LogP contribution in [-0.4, -0.2) is 27.2 Å².